The molecule has 0 fully saturated rings. The molecule has 1 amide bonds. The molecule has 1 unspecified atom stereocenters. The third-order valence-corrected chi connectivity index (χ3v) is 4.06. The van der Waals surface area contributed by atoms with Crippen LogP contribution in [0, 0.1) is 0 Å². The van der Waals surface area contributed by atoms with E-state index in [1.807, 2.05) is 6.92 Å². The molecule has 0 spiro atoms. The fourth-order valence-electron chi connectivity index (χ4n) is 1.76. The van der Waals surface area contributed by atoms with E-state index in [1.54, 1.807) is 18.4 Å². The van der Waals surface area contributed by atoms with Gasteiger partial charge in [-0.25, -0.2) is 4.99 Å². The van der Waals surface area contributed by atoms with Gasteiger partial charge >= 0.3 is 0 Å². The molecule has 0 aliphatic rings. The van der Waals surface area contributed by atoms with Crippen molar-refractivity contribution in [3.8, 4) is 0 Å². The summed E-state index contributed by atoms with van der Waals surface area (Å²) in [6.45, 7) is 6.81. The first-order valence-corrected chi connectivity index (χ1v) is 8.36. The van der Waals surface area contributed by atoms with Gasteiger partial charge in [0.2, 0.25) is 5.91 Å². The number of carbonyl (C=O) groups excluding carboxylic acids is 1. The molecule has 1 aromatic heterocycles. The van der Waals surface area contributed by atoms with Crippen molar-refractivity contribution in [2.24, 2.45) is 4.99 Å². The number of halogens is 1. The number of nitrogens with zero attached hydrogens (tertiary/aromatic N) is 1. The van der Waals surface area contributed by atoms with Gasteiger partial charge in [-0.05, 0) is 18.4 Å². The summed E-state index contributed by atoms with van der Waals surface area (Å²) in [6, 6.07) is 4.18. The summed E-state index contributed by atoms with van der Waals surface area (Å²) in [5.74, 6) is 0.952. The fourth-order valence-corrected chi connectivity index (χ4v) is 2.55. The topological polar surface area (TPSA) is 74.8 Å². The Morgan fingerprint density at radius 2 is 2.17 bits per heavy atom. The number of rotatable bonds is 9. The lowest BCUT2D eigenvalue weighted by atomic mass is 10.1. The molecule has 8 heteroatoms. The Bertz CT molecular complexity index is 454. The van der Waals surface area contributed by atoms with Crippen molar-refractivity contribution in [1.29, 1.82) is 0 Å². The molecule has 3 N–H and O–H groups in total. The first-order chi connectivity index (χ1) is 10.7. The van der Waals surface area contributed by atoms with Crippen LogP contribution >= 0.6 is 35.3 Å². The SMILES string of the molecule is CCNC(=NCC(=O)NCCOC)NCC(C)c1cccs1.I. The summed E-state index contributed by atoms with van der Waals surface area (Å²) in [4.78, 5) is 17.2. The lowest BCUT2D eigenvalue weighted by Crippen LogP contribution is -2.40. The summed E-state index contributed by atoms with van der Waals surface area (Å²) in [6.07, 6.45) is 0. The summed E-state index contributed by atoms with van der Waals surface area (Å²) in [5.41, 5.74) is 0. The summed E-state index contributed by atoms with van der Waals surface area (Å²) >= 11 is 1.75. The highest BCUT2D eigenvalue weighted by Gasteiger charge is 2.08. The molecule has 23 heavy (non-hydrogen) atoms. The van der Waals surface area contributed by atoms with E-state index in [1.165, 1.54) is 4.88 Å². The molecule has 0 aliphatic heterocycles. The number of amides is 1. The van der Waals surface area contributed by atoms with E-state index in [0.29, 0.717) is 25.0 Å². The zero-order valence-electron chi connectivity index (χ0n) is 13.9. The minimum atomic E-state index is -0.111. The maximum absolute atomic E-state index is 11.6. The average Bonchev–Trinajstić information content (AvgIpc) is 3.04. The van der Waals surface area contributed by atoms with Crippen molar-refractivity contribution in [3.05, 3.63) is 22.4 Å². The monoisotopic (exact) mass is 454 g/mol. The number of methoxy groups -OCH3 is 1. The van der Waals surface area contributed by atoms with Gasteiger partial charge in [-0.1, -0.05) is 13.0 Å². The quantitative estimate of drug-likeness (QED) is 0.230. The molecule has 1 atom stereocenters. The van der Waals surface area contributed by atoms with Gasteiger partial charge in [0.15, 0.2) is 5.96 Å². The molecule has 1 aromatic rings. The Hall–Kier alpha value is -0.870. The first-order valence-electron chi connectivity index (χ1n) is 7.48. The molecule has 6 nitrogen and oxygen atoms in total. The van der Waals surface area contributed by atoms with Crippen LogP contribution in [0.3, 0.4) is 0 Å². The van der Waals surface area contributed by atoms with Crippen LogP contribution in [-0.2, 0) is 9.53 Å². The van der Waals surface area contributed by atoms with Crippen LogP contribution in [0.5, 0.6) is 0 Å². The van der Waals surface area contributed by atoms with Crippen LogP contribution in [0.1, 0.15) is 24.6 Å². The number of hydrogen-bond donors (Lipinski definition) is 3. The zero-order valence-corrected chi connectivity index (χ0v) is 17.1. The average molecular weight is 454 g/mol. The lowest BCUT2D eigenvalue weighted by molar-refractivity contribution is -0.119. The maximum atomic E-state index is 11.6. The molecule has 1 rings (SSSR count). The Morgan fingerprint density at radius 3 is 2.78 bits per heavy atom. The van der Waals surface area contributed by atoms with Gasteiger partial charge in [0.1, 0.15) is 6.54 Å². The Morgan fingerprint density at radius 1 is 1.39 bits per heavy atom. The van der Waals surface area contributed by atoms with Gasteiger partial charge in [0, 0.05) is 37.5 Å². The third-order valence-electron chi connectivity index (χ3n) is 2.96. The summed E-state index contributed by atoms with van der Waals surface area (Å²) in [7, 11) is 1.60. The van der Waals surface area contributed by atoms with Gasteiger partial charge in [-0.3, -0.25) is 4.79 Å². The molecule has 0 saturated heterocycles. The largest absolute Gasteiger partial charge is 0.383 e. The van der Waals surface area contributed by atoms with Crippen LogP contribution in [0.2, 0.25) is 0 Å². The highest BCUT2D eigenvalue weighted by Crippen LogP contribution is 2.19. The van der Waals surface area contributed by atoms with Crippen LogP contribution in [-0.4, -0.2) is 51.8 Å². The van der Waals surface area contributed by atoms with E-state index in [4.69, 9.17) is 4.74 Å². The van der Waals surface area contributed by atoms with Gasteiger partial charge in [0.05, 0.1) is 6.61 Å². The minimum Gasteiger partial charge on any atom is -0.383 e. The number of guanidine groups is 1. The smallest absolute Gasteiger partial charge is 0.241 e. The predicted molar refractivity (Wildman–Crippen MR) is 107 cm³/mol. The van der Waals surface area contributed by atoms with Crippen molar-refractivity contribution >= 4 is 47.2 Å². The summed E-state index contributed by atoms with van der Waals surface area (Å²) in [5, 5.41) is 11.2. The normalized spacial score (nSPS) is 12.2. The van der Waals surface area contributed by atoms with E-state index in [0.717, 1.165) is 13.1 Å². The van der Waals surface area contributed by atoms with Crippen molar-refractivity contribution in [2.75, 3.05) is 39.9 Å². The van der Waals surface area contributed by atoms with Crippen molar-refractivity contribution in [3.63, 3.8) is 0 Å². The zero-order chi connectivity index (χ0) is 16.2. The number of aliphatic imine (C=N–C) groups is 1. The highest BCUT2D eigenvalue weighted by molar-refractivity contribution is 14.0. The highest BCUT2D eigenvalue weighted by atomic mass is 127. The molecule has 0 aliphatic carbocycles. The van der Waals surface area contributed by atoms with Crippen LogP contribution < -0.4 is 16.0 Å². The van der Waals surface area contributed by atoms with Crippen LogP contribution in [0.25, 0.3) is 0 Å². The van der Waals surface area contributed by atoms with Crippen molar-refractivity contribution in [2.45, 2.75) is 19.8 Å². The van der Waals surface area contributed by atoms with Crippen molar-refractivity contribution in [1.82, 2.24) is 16.0 Å². The molecule has 1 heterocycles. The Balaban J connectivity index is 0.00000484. The van der Waals surface area contributed by atoms with Crippen LogP contribution in [0.4, 0.5) is 0 Å². The predicted octanol–water partition coefficient (Wildman–Crippen LogP) is 1.79. The lowest BCUT2D eigenvalue weighted by Gasteiger charge is -2.15. The van der Waals surface area contributed by atoms with Gasteiger partial charge < -0.3 is 20.7 Å². The molecule has 0 bridgehead atoms. The second kappa shape index (κ2) is 13.6. The molecular weight excluding hydrogens is 427 g/mol. The van der Waals surface area contributed by atoms with E-state index in [2.05, 4.69) is 45.4 Å². The molecule has 132 valence electrons. The van der Waals surface area contributed by atoms with Gasteiger partial charge in [-0.2, -0.15) is 0 Å². The number of ether oxygens (including phenoxy) is 1. The second-order valence-electron chi connectivity index (χ2n) is 4.84. The summed E-state index contributed by atoms with van der Waals surface area (Å²) < 4.78 is 4.88. The number of carbonyl (C=O) groups is 1. The molecule has 0 radical (unpaired) electrons. The van der Waals surface area contributed by atoms with Gasteiger partial charge in [0.25, 0.3) is 0 Å². The Labute approximate surface area is 159 Å². The van der Waals surface area contributed by atoms with E-state index < -0.39 is 0 Å². The number of nitrogens with one attached hydrogen (secondary N) is 3. The molecule has 0 saturated carbocycles. The molecular formula is C15H27IN4O2S. The van der Waals surface area contributed by atoms with E-state index >= 15 is 0 Å². The first kappa shape index (κ1) is 22.1. The number of hydrogen-bond acceptors (Lipinski definition) is 4. The standard InChI is InChI=1S/C15H26N4O2S.HI/c1-4-16-15(19-11-14(20)17-7-8-21-3)18-10-12(2)13-6-5-9-22-13;/h5-6,9,12H,4,7-8,10-11H2,1-3H3,(H,17,20)(H2,16,18,19);1H. The molecule has 0 aromatic carbocycles. The van der Waals surface area contributed by atoms with Crippen LogP contribution in [0.15, 0.2) is 22.5 Å². The van der Waals surface area contributed by atoms with E-state index in [9.17, 15) is 4.79 Å². The second-order valence-corrected chi connectivity index (χ2v) is 5.81. The third kappa shape index (κ3) is 9.77. The number of thiophene rings is 1. The van der Waals surface area contributed by atoms with Gasteiger partial charge in [-0.15, -0.1) is 35.3 Å². The maximum Gasteiger partial charge on any atom is 0.241 e. The fraction of sp³-hybridized carbons (Fsp3) is 0.600. The van der Waals surface area contributed by atoms with E-state index in [-0.39, 0.29) is 36.4 Å². The van der Waals surface area contributed by atoms with Crippen molar-refractivity contribution < 1.29 is 9.53 Å². The Kier molecular flexibility index (Phi) is 13.0. The minimum absolute atomic E-state index is 0.